The van der Waals surface area contributed by atoms with Gasteiger partial charge in [-0.25, -0.2) is 4.98 Å². The second kappa shape index (κ2) is 7.27. The number of halogens is 4. The van der Waals surface area contributed by atoms with Crippen molar-refractivity contribution in [1.29, 1.82) is 0 Å². The monoisotopic (exact) mass is 375 g/mol. The molecule has 1 aromatic heterocycles. The minimum Gasteiger partial charge on any atom is -0.354 e. The molecule has 0 bridgehead atoms. The smallest absolute Gasteiger partial charge is 0.354 e. The highest BCUT2D eigenvalue weighted by atomic mass is 35.5. The van der Waals surface area contributed by atoms with Crippen LogP contribution in [0.4, 0.5) is 19.0 Å². The lowest BCUT2D eigenvalue weighted by Crippen LogP contribution is -2.45. The van der Waals surface area contributed by atoms with Gasteiger partial charge in [0.05, 0.1) is 10.6 Å². The summed E-state index contributed by atoms with van der Waals surface area (Å²) in [4.78, 5) is 10.3. The topological polar surface area (TPSA) is 52.6 Å². The normalized spacial score (nSPS) is 21.6. The van der Waals surface area contributed by atoms with E-state index in [1.165, 1.54) is 0 Å². The highest BCUT2D eigenvalue weighted by Crippen LogP contribution is 2.34. The maximum Gasteiger partial charge on any atom is 0.417 e. The lowest BCUT2D eigenvalue weighted by atomic mass is 10.2. The van der Waals surface area contributed by atoms with Gasteiger partial charge in [0.1, 0.15) is 5.82 Å². The van der Waals surface area contributed by atoms with Gasteiger partial charge in [0.2, 0.25) is 0 Å². The molecule has 9 heteroatoms. The van der Waals surface area contributed by atoms with E-state index in [4.69, 9.17) is 11.6 Å². The molecule has 0 amide bonds. The number of aliphatic imine (C=N–C) groups is 1. The number of hydrogen-bond acceptors (Lipinski definition) is 3. The number of rotatable bonds is 4. The van der Waals surface area contributed by atoms with Crippen molar-refractivity contribution in [2.75, 3.05) is 24.5 Å². The second-order valence-electron chi connectivity index (χ2n) is 6.34. The quantitative estimate of drug-likeness (QED) is 0.627. The molecule has 2 aliphatic rings. The Morgan fingerprint density at radius 3 is 2.64 bits per heavy atom. The zero-order valence-corrected chi connectivity index (χ0v) is 14.7. The van der Waals surface area contributed by atoms with Crippen molar-refractivity contribution in [3.8, 4) is 0 Å². The largest absolute Gasteiger partial charge is 0.417 e. The van der Waals surface area contributed by atoms with Crippen LogP contribution < -0.4 is 15.5 Å². The third-order valence-corrected chi connectivity index (χ3v) is 4.49. The molecule has 2 fully saturated rings. The molecule has 0 radical (unpaired) electrons. The van der Waals surface area contributed by atoms with E-state index in [0.717, 1.165) is 37.5 Å². The number of nitrogens with one attached hydrogen (secondary N) is 2. The molecule has 2 heterocycles. The number of anilines is 1. The third-order valence-electron chi connectivity index (χ3n) is 4.21. The molecule has 0 aromatic carbocycles. The van der Waals surface area contributed by atoms with Crippen LogP contribution in [0.25, 0.3) is 0 Å². The summed E-state index contributed by atoms with van der Waals surface area (Å²) in [6.07, 6.45) is -0.447. The van der Waals surface area contributed by atoms with E-state index in [1.54, 1.807) is 0 Å². The van der Waals surface area contributed by atoms with E-state index in [0.29, 0.717) is 31.5 Å². The summed E-state index contributed by atoms with van der Waals surface area (Å²) in [5.41, 5.74) is -0.832. The number of aromatic nitrogens is 1. The van der Waals surface area contributed by atoms with E-state index < -0.39 is 11.7 Å². The van der Waals surface area contributed by atoms with Crippen LogP contribution in [0.3, 0.4) is 0 Å². The van der Waals surface area contributed by atoms with Crippen molar-refractivity contribution >= 4 is 23.4 Å². The Balaban J connectivity index is 1.63. The first-order chi connectivity index (χ1) is 11.9. The first kappa shape index (κ1) is 18.1. The molecule has 3 rings (SSSR count). The predicted octanol–water partition coefficient (Wildman–Crippen LogP) is 3.05. The van der Waals surface area contributed by atoms with Crippen LogP contribution in [0.1, 0.15) is 31.7 Å². The van der Waals surface area contributed by atoms with Crippen LogP contribution in [0.2, 0.25) is 5.02 Å². The molecular weight excluding hydrogens is 355 g/mol. The molecule has 1 saturated carbocycles. The average Bonchev–Trinajstić information content (AvgIpc) is 3.23. The van der Waals surface area contributed by atoms with Crippen LogP contribution in [0.5, 0.6) is 0 Å². The number of hydrogen-bond donors (Lipinski definition) is 2. The van der Waals surface area contributed by atoms with Crippen LogP contribution in [0, 0.1) is 0 Å². The van der Waals surface area contributed by atoms with Crippen molar-refractivity contribution < 1.29 is 13.2 Å². The third kappa shape index (κ3) is 4.68. The maximum atomic E-state index is 12.7. The summed E-state index contributed by atoms with van der Waals surface area (Å²) < 4.78 is 38.2. The molecule has 1 aliphatic carbocycles. The maximum absolute atomic E-state index is 12.7. The van der Waals surface area contributed by atoms with Gasteiger partial charge in [0.25, 0.3) is 0 Å². The first-order valence-electron chi connectivity index (χ1n) is 8.42. The van der Waals surface area contributed by atoms with Gasteiger partial charge >= 0.3 is 6.18 Å². The second-order valence-corrected chi connectivity index (χ2v) is 6.75. The highest BCUT2D eigenvalue weighted by Gasteiger charge is 2.33. The number of alkyl halides is 3. The summed E-state index contributed by atoms with van der Waals surface area (Å²) in [6.45, 7) is 3.96. The highest BCUT2D eigenvalue weighted by molar-refractivity contribution is 6.33. The molecule has 2 N–H and O–H groups in total. The van der Waals surface area contributed by atoms with E-state index in [-0.39, 0.29) is 11.1 Å². The van der Waals surface area contributed by atoms with Gasteiger partial charge < -0.3 is 15.5 Å². The predicted molar refractivity (Wildman–Crippen MR) is 92.1 cm³/mol. The Hall–Kier alpha value is -1.70. The van der Waals surface area contributed by atoms with Gasteiger partial charge in [-0.1, -0.05) is 11.6 Å². The lowest BCUT2D eigenvalue weighted by Gasteiger charge is -2.21. The van der Waals surface area contributed by atoms with Gasteiger partial charge in [-0.2, -0.15) is 13.2 Å². The van der Waals surface area contributed by atoms with Gasteiger partial charge in [-0.15, -0.1) is 0 Å². The lowest BCUT2D eigenvalue weighted by molar-refractivity contribution is -0.137. The minimum atomic E-state index is -4.44. The Kier molecular flexibility index (Phi) is 5.27. The summed E-state index contributed by atoms with van der Waals surface area (Å²) in [5.74, 6) is 1.19. The van der Waals surface area contributed by atoms with Crippen molar-refractivity contribution in [2.24, 2.45) is 4.99 Å². The first-order valence-corrected chi connectivity index (χ1v) is 8.80. The summed E-state index contributed by atoms with van der Waals surface area (Å²) in [6, 6.07) is 1.58. The molecule has 138 valence electrons. The molecule has 1 atom stereocenters. The van der Waals surface area contributed by atoms with Crippen LogP contribution in [0.15, 0.2) is 17.3 Å². The Morgan fingerprint density at radius 2 is 2.04 bits per heavy atom. The minimum absolute atomic E-state index is 0.0222. The van der Waals surface area contributed by atoms with E-state index in [9.17, 15) is 13.2 Å². The van der Waals surface area contributed by atoms with E-state index in [1.807, 2.05) is 11.8 Å². The fourth-order valence-electron chi connectivity index (χ4n) is 2.79. The van der Waals surface area contributed by atoms with Gasteiger partial charge in [-0.05, 0) is 32.3 Å². The SMILES string of the molecule is CCN=C(NC1CC1)NC1CCN(c2ncc(C(F)(F)F)cc2Cl)C1. The number of pyridine rings is 1. The summed E-state index contributed by atoms with van der Waals surface area (Å²) in [7, 11) is 0. The van der Waals surface area contributed by atoms with Gasteiger partial charge in [0.15, 0.2) is 5.96 Å². The molecule has 25 heavy (non-hydrogen) atoms. The Labute approximate surface area is 149 Å². The van der Waals surface area contributed by atoms with Crippen molar-refractivity contribution in [1.82, 2.24) is 15.6 Å². The molecule has 0 spiro atoms. The average molecular weight is 376 g/mol. The molecule has 5 nitrogen and oxygen atoms in total. The van der Waals surface area contributed by atoms with Crippen LogP contribution >= 0.6 is 11.6 Å². The Morgan fingerprint density at radius 1 is 1.32 bits per heavy atom. The summed E-state index contributed by atoms with van der Waals surface area (Å²) in [5, 5.41) is 6.77. The standard InChI is InChI=1S/C16H21ClF3N5/c1-2-21-15(23-11-3-4-11)24-12-5-6-25(9-12)14-13(17)7-10(8-22-14)16(18,19)20/h7-8,11-12H,2-6,9H2,1H3,(H2,21,23,24). The molecule has 1 aromatic rings. The zero-order valence-electron chi connectivity index (χ0n) is 13.9. The van der Waals surface area contributed by atoms with Crippen molar-refractivity contribution in [2.45, 2.75) is 44.4 Å². The Bertz CT molecular complexity index is 645. The fraction of sp³-hybridized carbons (Fsp3) is 0.625. The van der Waals surface area contributed by atoms with E-state index >= 15 is 0 Å². The molecule has 1 saturated heterocycles. The molecule has 1 aliphatic heterocycles. The van der Waals surface area contributed by atoms with Crippen molar-refractivity contribution in [3.63, 3.8) is 0 Å². The molecular formula is C16H21ClF3N5. The zero-order chi connectivity index (χ0) is 18.0. The van der Waals surface area contributed by atoms with Crippen molar-refractivity contribution in [3.05, 3.63) is 22.8 Å². The van der Waals surface area contributed by atoms with Crippen LogP contribution in [-0.4, -0.2) is 42.7 Å². The van der Waals surface area contributed by atoms with Crippen LogP contribution in [-0.2, 0) is 6.18 Å². The number of nitrogens with zero attached hydrogens (tertiary/aromatic N) is 3. The van der Waals surface area contributed by atoms with E-state index in [2.05, 4.69) is 20.6 Å². The van der Waals surface area contributed by atoms with Gasteiger partial charge in [-0.3, -0.25) is 4.99 Å². The molecule has 1 unspecified atom stereocenters. The number of guanidine groups is 1. The van der Waals surface area contributed by atoms with Gasteiger partial charge in [0, 0.05) is 37.9 Å². The summed E-state index contributed by atoms with van der Waals surface area (Å²) >= 11 is 6.04. The fourth-order valence-corrected chi connectivity index (χ4v) is 3.08.